The first-order valence-corrected chi connectivity index (χ1v) is 5.71. The number of carbonyl (C=O) groups excluding carboxylic acids is 2. The number of nitrogens with zero attached hydrogens (tertiary/aromatic N) is 2. The molecule has 0 atom stereocenters. The van der Waals surface area contributed by atoms with E-state index >= 15 is 0 Å². The fourth-order valence-corrected chi connectivity index (χ4v) is 1.57. The SMILES string of the molecule is C=CCN1C(=O)/C(=C/C=C/N(C)C)C(=O)NC1=S. The Balaban J connectivity index is 2.96. The summed E-state index contributed by atoms with van der Waals surface area (Å²) in [6, 6.07) is 0. The summed E-state index contributed by atoms with van der Waals surface area (Å²) < 4.78 is 0. The Hall–Kier alpha value is -1.95. The third-order valence-electron chi connectivity index (χ3n) is 2.14. The molecule has 1 saturated heterocycles. The van der Waals surface area contributed by atoms with Gasteiger partial charge in [-0.25, -0.2) is 0 Å². The van der Waals surface area contributed by atoms with Crippen molar-refractivity contribution in [3.8, 4) is 0 Å². The first kappa shape index (κ1) is 14.1. The highest BCUT2D eigenvalue weighted by molar-refractivity contribution is 7.80. The van der Waals surface area contributed by atoms with E-state index < -0.39 is 11.8 Å². The predicted octanol–water partition coefficient (Wildman–Crippen LogP) is 0.417. The van der Waals surface area contributed by atoms with Crippen molar-refractivity contribution >= 4 is 29.1 Å². The molecule has 5 nitrogen and oxygen atoms in total. The quantitative estimate of drug-likeness (QED) is 0.346. The molecular weight excluding hydrogens is 250 g/mol. The molecule has 0 bridgehead atoms. The molecule has 1 fully saturated rings. The van der Waals surface area contributed by atoms with Gasteiger partial charge in [-0.2, -0.15) is 0 Å². The smallest absolute Gasteiger partial charge is 0.265 e. The van der Waals surface area contributed by atoms with Crippen molar-refractivity contribution < 1.29 is 9.59 Å². The van der Waals surface area contributed by atoms with Crippen LogP contribution in [0, 0.1) is 0 Å². The minimum absolute atomic E-state index is 0.0588. The van der Waals surface area contributed by atoms with E-state index in [0.29, 0.717) is 0 Å². The zero-order valence-electron chi connectivity index (χ0n) is 10.3. The maximum atomic E-state index is 12.0. The Morgan fingerprint density at radius 1 is 1.44 bits per heavy atom. The van der Waals surface area contributed by atoms with E-state index in [4.69, 9.17) is 12.2 Å². The molecule has 1 heterocycles. The molecular formula is C12H15N3O2S. The molecule has 0 spiro atoms. The van der Waals surface area contributed by atoms with Gasteiger partial charge in [-0.15, -0.1) is 6.58 Å². The van der Waals surface area contributed by atoms with Gasteiger partial charge in [0.1, 0.15) is 5.57 Å². The second kappa shape index (κ2) is 6.11. The summed E-state index contributed by atoms with van der Waals surface area (Å²) in [6.45, 7) is 3.82. The molecule has 1 aliphatic heterocycles. The van der Waals surface area contributed by atoms with E-state index in [2.05, 4.69) is 11.9 Å². The lowest BCUT2D eigenvalue weighted by Gasteiger charge is -2.27. The normalized spacial score (nSPS) is 18.4. The molecule has 0 aromatic rings. The number of thiocarbonyl (C=S) groups is 1. The van der Waals surface area contributed by atoms with Gasteiger partial charge >= 0.3 is 0 Å². The Morgan fingerprint density at radius 2 is 2.11 bits per heavy atom. The Labute approximate surface area is 111 Å². The molecule has 0 unspecified atom stereocenters. The highest BCUT2D eigenvalue weighted by Gasteiger charge is 2.31. The third kappa shape index (κ3) is 3.27. The van der Waals surface area contributed by atoms with Crippen molar-refractivity contribution in [3.63, 3.8) is 0 Å². The van der Waals surface area contributed by atoms with Gasteiger partial charge in [-0.1, -0.05) is 6.08 Å². The maximum Gasteiger partial charge on any atom is 0.265 e. The van der Waals surface area contributed by atoms with Crippen LogP contribution in [0.25, 0.3) is 0 Å². The molecule has 96 valence electrons. The van der Waals surface area contributed by atoms with Crippen LogP contribution >= 0.6 is 12.2 Å². The lowest BCUT2D eigenvalue weighted by molar-refractivity contribution is -0.128. The zero-order chi connectivity index (χ0) is 13.7. The maximum absolute atomic E-state index is 12.0. The average molecular weight is 265 g/mol. The summed E-state index contributed by atoms with van der Waals surface area (Å²) in [7, 11) is 3.69. The minimum atomic E-state index is -0.478. The molecule has 0 radical (unpaired) electrons. The van der Waals surface area contributed by atoms with E-state index in [9.17, 15) is 9.59 Å². The van der Waals surface area contributed by atoms with E-state index in [-0.39, 0.29) is 17.2 Å². The van der Waals surface area contributed by atoms with Crippen molar-refractivity contribution in [2.75, 3.05) is 20.6 Å². The summed E-state index contributed by atoms with van der Waals surface area (Å²) in [4.78, 5) is 26.8. The molecule has 18 heavy (non-hydrogen) atoms. The van der Waals surface area contributed by atoms with Crippen molar-refractivity contribution in [3.05, 3.63) is 36.6 Å². The fraction of sp³-hybridized carbons (Fsp3) is 0.250. The predicted molar refractivity (Wildman–Crippen MR) is 73.6 cm³/mol. The number of nitrogens with one attached hydrogen (secondary N) is 1. The highest BCUT2D eigenvalue weighted by Crippen LogP contribution is 2.10. The monoisotopic (exact) mass is 265 g/mol. The zero-order valence-corrected chi connectivity index (χ0v) is 11.2. The molecule has 0 aromatic heterocycles. The van der Waals surface area contributed by atoms with Crippen LogP contribution in [0.3, 0.4) is 0 Å². The highest BCUT2D eigenvalue weighted by atomic mass is 32.1. The summed E-state index contributed by atoms with van der Waals surface area (Å²) in [5.74, 6) is -0.888. The van der Waals surface area contributed by atoms with Gasteiger partial charge in [0.05, 0.1) is 0 Å². The third-order valence-corrected chi connectivity index (χ3v) is 2.47. The van der Waals surface area contributed by atoms with Crippen LogP contribution in [0.2, 0.25) is 0 Å². The second-order valence-corrected chi connectivity index (χ2v) is 4.24. The molecule has 2 amide bonds. The largest absolute Gasteiger partial charge is 0.383 e. The summed E-state index contributed by atoms with van der Waals surface area (Å²) >= 11 is 4.93. The lowest BCUT2D eigenvalue weighted by Crippen LogP contribution is -2.53. The van der Waals surface area contributed by atoms with E-state index in [1.54, 1.807) is 23.3 Å². The van der Waals surface area contributed by atoms with Crippen molar-refractivity contribution in [2.45, 2.75) is 0 Å². The molecule has 0 aliphatic carbocycles. The van der Waals surface area contributed by atoms with Crippen LogP contribution in [0.4, 0.5) is 0 Å². The Bertz CT molecular complexity index is 452. The van der Waals surface area contributed by atoms with Gasteiger partial charge < -0.3 is 4.90 Å². The van der Waals surface area contributed by atoms with Crippen molar-refractivity contribution in [2.24, 2.45) is 0 Å². The standard InChI is InChI=1S/C12H15N3O2S/c1-4-7-15-11(17)9(6-5-8-14(2)3)10(16)13-12(15)18/h4-6,8H,1,7H2,2-3H3,(H,13,16,18)/b8-5+,9-6+. The van der Waals surface area contributed by atoms with Crippen LogP contribution in [0.1, 0.15) is 0 Å². The van der Waals surface area contributed by atoms with Gasteiger partial charge in [0, 0.05) is 20.6 Å². The van der Waals surface area contributed by atoms with E-state index in [0.717, 1.165) is 0 Å². The van der Waals surface area contributed by atoms with Crippen LogP contribution in [-0.4, -0.2) is 47.4 Å². The van der Waals surface area contributed by atoms with Crippen LogP contribution < -0.4 is 5.32 Å². The van der Waals surface area contributed by atoms with Gasteiger partial charge in [-0.05, 0) is 30.6 Å². The number of allylic oxidation sites excluding steroid dienone is 2. The first-order valence-electron chi connectivity index (χ1n) is 5.30. The number of amides is 2. The van der Waals surface area contributed by atoms with E-state index in [1.807, 2.05) is 14.1 Å². The molecule has 1 N–H and O–H groups in total. The first-order chi connectivity index (χ1) is 8.47. The fourth-order valence-electron chi connectivity index (χ4n) is 1.32. The lowest BCUT2D eigenvalue weighted by atomic mass is 10.1. The minimum Gasteiger partial charge on any atom is -0.383 e. The van der Waals surface area contributed by atoms with Gasteiger partial charge in [-0.3, -0.25) is 19.8 Å². The molecule has 0 aromatic carbocycles. The Morgan fingerprint density at radius 3 is 2.67 bits per heavy atom. The Kier molecular flexibility index (Phi) is 4.79. The molecule has 1 rings (SSSR count). The average Bonchev–Trinajstić information content (AvgIpc) is 2.28. The van der Waals surface area contributed by atoms with Crippen LogP contribution in [-0.2, 0) is 9.59 Å². The number of rotatable bonds is 4. The number of hydrogen-bond donors (Lipinski definition) is 1. The topological polar surface area (TPSA) is 52.7 Å². The summed E-state index contributed by atoms with van der Waals surface area (Å²) in [6.07, 6.45) is 6.39. The summed E-state index contributed by atoms with van der Waals surface area (Å²) in [5.41, 5.74) is 0.0588. The summed E-state index contributed by atoms with van der Waals surface area (Å²) in [5, 5.41) is 2.58. The van der Waals surface area contributed by atoms with Crippen molar-refractivity contribution in [1.82, 2.24) is 15.1 Å². The van der Waals surface area contributed by atoms with Gasteiger partial charge in [0.15, 0.2) is 5.11 Å². The number of carbonyl (C=O) groups is 2. The molecule has 1 aliphatic rings. The molecule has 0 saturated carbocycles. The number of hydrogen-bond acceptors (Lipinski definition) is 4. The van der Waals surface area contributed by atoms with E-state index in [1.165, 1.54) is 11.0 Å². The van der Waals surface area contributed by atoms with Gasteiger partial charge in [0.2, 0.25) is 0 Å². The van der Waals surface area contributed by atoms with Crippen LogP contribution in [0.5, 0.6) is 0 Å². The molecule has 6 heteroatoms. The second-order valence-electron chi connectivity index (χ2n) is 3.85. The van der Waals surface area contributed by atoms with Crippen LogP contribution in [0.15, 0.2) is 36.6 Å². The van der Waals surface area contributed by atoms with Crippen molar-refractivity contribution in [1.29, 1.82) is 0 Å². The van der Waals surface area contributed by atoms with Gasteiger partial charge in [0.25, 0.3) is 11.8 Å².